The number of β-amino-alcohol motifs (C(OH)–C–C–N with tert-alkyl or cyclic N) is 1. The predicted molar refractivity (Wildman–Crippen MR) is 82.3 cm³/mol. The standard InChI is InChI=1S/C15H19N3O4/c1-16-11-5-3-4-6-12(11)17-13-10(15(21)22-2)9-18(7-8-19)14(13)20/h3-6,16-17,19H,7-9H2,1-2H3. The van der Waals surface area contributed by atoms with E-state index in [0.717, 1.165) is 5.69 Å². The Bertz CT molecular complexity index is 613. The van der Waals surface area contributed by atoms with Gasteiger partial charge < -0.3 is 25.4 Å². The second-order valence-electron chi connectivity index (χ2n) is 4.72. The quantitative estimate of drug-likeness (QED) is 0.659. The smallest absolute Gasteiger partial charge is 0.337 e. The van der Waals surface area contributed by atoms with Gasteiger partial charge in [-0.1, -0.05) is 12.1 Å². The summed E-state index contributed by atoms with van der Waals surface area (Å²) < 4.78 is 4.74. The Hall–Kier alpha value is -2.54. The molecule has 0 aromatic heterocycles. The molecule has 118 valence electrons. The fourth-order valence-electron chi connectivity index (χ4n) is 2.29. The van der Waals surface area contributed by atoms with Crippen LogP contribution in [0.2, 0.25) is 0 Å². The number of carbonyl (C=O) groups is 2. The van der Waals surface area contributed by atoms with Crippen LogP contribution in [0.15, 0.2) is 35.5 Å². The molecule has 1 aromatic carbocycles. The summed E-state index contributed by atoms with van der Waals surface area (Å²) in [6.45, 7) is 0.120. The third-order valence-electron chi connectivity index (χ3n) is 3.41. The maximum atomic E-state index is 12.4. The predicted octanol–water partition coefficient (Wildman–Crippen LogP) is 0.402. The van der Waals surface area contributed by atoms with Crippen LogP contribution in [0.3, 0.4) is 0 Å². The number of methoxy groups -OCH3 is 1. The highest BCUT2D eigenvalue weighted by Gasteiger charge is 2.34. The van der Waals surface area contributed by atoms with Crippen molar-refractivity contribution in [2.75, 3.05) is 44.5 Å². The number of para-hydroxylation sites is 2. The Morgan fingerprint density at radius 3 is 2.64 bits per heavy atom. The Labute approximate surface area is 128 Å². The fraction of sp³-hybridized carbons (Fsp3) is 0.333. The zero-order chi connectivity index (χ0) is 16.1. The minimum Gasteiger partial charge on any atom is -0.466 e. The Kier molecular flexibility index (Phi) is 5.00. The normalized spacial score (nSPS) is 14.3. The Balaban J connectivity index is 2.34. The molecule has 1 aromatic rings. The number of carbonyl (C=O) groups excluding carboxylic acids is 2. The van der Waals surface area contributed by atoms with E-state index in [2.05, 4.69) is 10.6 Å². The number of nitrogens with one attached hydrogen (secondary N) is 2. The highest BCUT2D eigenvalue weighted by atomic mass is 16.5. The molecule has 0 fully saturated rings. The lowest BCUT2D eigenvalue weighted by Crippen LogP contribution is -2.31. The molecule has 0 saturated carbocycles. The number of aliphatic hydroxyl groups excluding tert-OH is 1. The molecule has 0 unspecified atom stereocenters. The lowest BCUT2D eigenvalue weighted by molar-refractivity contribution is -0.136. The van der Waals surface area contributed by atoms with Crippen molar-refractivity contribution < 1.29 is 19.4 Å². The van der Waals surface area contributed by atoms with Crippen LogP contribution in [-0.4, -0.2) is 55.7 Å². The summed E-state index contributed by atoms with van der Waals surface area (Å²) >= 11 is 0. The molecule has 0 atom stereocenters. The van der Waals surface area contributed by atoms with Crippen LogP contribution in [0.5, 0.6) is 0 Å². The first kappa shape index (κ1) is 15.8. The average Bonchev–Trinajstić information content (AvgIpc) is 2.84. The van der Waals surface area contributed by atoms with E-state index < -0.39 is 5.97 Å². The number of nitrogens with zero attached hydrogens (tertiary/aromatic N) is 1. The molecule has 7 heteroatoms. The Morgan fingerprint density at radius 1 is 1.36 bits per heavy atom. The van der Waals surface area contributed by atoms with Gasteiger partial charge in [-0.25, -0.2) is 4.79 Å². The summed E-state index contributed by atoms with van der Waals surface area (Å²) in [5.74, 6) is -0.890. The van der Waals surface area contributed by atoms with E-state index in [4.69, 9.17) is 9.84 Å². The van der Waals surface area contributed by atoms with Gasteiger partial charge in [0.05, 0.1) is 37.2 Å². The molecule has 1 aliphatic heterocycles. The lowest BCUT2D eigenvalue weighted by atomic mass is 10.2. The topological polar surface area (TPSA) is 90.9 Å². The van der Waals surface area contributed by atoms with Crippen LogP contribution in [0, 0.1) is 0 Å². The van der Waals surface area contributed by atoms with Gasteiger partial charge in [0.15, 0.2) is 0 Å². The van der Waals surface area contributed by atoms with Gasteiger partial charge in [0.1, 0.15) is 5.70 Å². The highest BCUT2D eigenvalue weighted by molar-refractivity contribution is 6.08. The highest BCUT2D eigenvalue weighted by Crippen LogP contribution is 2.27. The number of esters is 1. The van der Waals surface area contributed by atoms with E-state index in [1.807, 2.05) is 18.2 Å². The average molecular weight is 305 g/mol. The van der Waals surface area contributed by atoms with Crippen LogP contribution in [-0.2, 0) is 14.3 Å². The molecule has 0 saturated heterocycles. The molecule has 2 rings (SSSR count). The lowest BCUT2D eigenvalue weighted by Gasteiger charge is -2.16. The van der Waals surface area contributed by atoms with Gasteiger partial charge in [0.2, 0.25) is 0 Å². The third-order valence-corrected chi connectivity index (χ3v) is 3.41. The minimum absolute atomic E-state index is 0.121. The third kappa shape index (κ3) is 3.04. The fourth-order valence-corrected chi connectivity index (χ4v) is 2.29. The van der Waals surface area contributed by atoms with Crippen LogP contribution in [0.4, 0.5) is 11.4 Å². The molecular weight excluding hydrogens is 286 g/mol. The van der Waals surface area contributed by atoms with Crippen LogP contribution >= 0.6 is 0 Å². The van der Waals surface area contributed by atoms with E-state index in [-0.39, 0.29) is 36.9 Å². The maximum Gasteiger partial charge on any atom is 0.337 e. The van der Waals surface area contributed by atoms with Crippen molar-refractivity contribution in [2.45, 2.75) is 0 Å². The molecule has 1 amide bonds. The summed E-state index contributed by atoms with van der Waals surface area (Å²) in [6.07, 6.45) is 0. The van der Waals surface area contributed by atoms with Crippen LogP contribution in [0.25, 0.3) is 0 Å². The molecule has 7 nitrogen and oxygen atoms in total. The molecule has 3 N–H and O–H groups in total. The number of anilines is 2. The number of ether oxygens (including phenoxy) is 1. The van der Waals surface area contributed by atoms with Crippen molar-refractivity contribution in [3.05, 3.63) is 35.5 Å². The first-order chi connectivity index (χ1) is 10.6. The number of benzene rings is 1. The second kappa shape index (κ2) is 6.95. The molecular formula is C15H19N3O4. The molecule has 0 radical (unpaired) electrons. The van der Waals surface area contributed by atoms with Gasteiger partial charge in [-0.2, -0.15) is 0 Å². The molecule has 0 aliphatic carbocycles. The summed E-state index contributed by atoms with van der Waals surface area (Å²) in [7, 11) is 3.04. The van der Waals surface area contributed by atoms with E-state index in [1.54, 1.807) is 13.1 Å². The van der Waals surface area contributed by atoms with Crippen LogP contribution in [0.1, 0.15) is 0 Å². The number of amides is 1. The van der Waals surface area contributed by atoms with Gasteiger partial charge in [-0.05, 0) is 12.1 Å². The summed E-state index contributed by atoms with van der Waals surface area (Å²) in [6, 6.07) is 7.34. The second-order valence-corrected chi connectivity index (χ2v) is 4.72. The van der Waals surface area contributed by atoms with Crippen molar-refractivity contribution in [2.24, 2.45) is 0 Å². The van der Waals surface area contributed by atoms with Gasteiger partial charge in [0.25, 0.3) is 5.91 Å². The van der Waals surface area contributed by atoms with Gasteiger partial charge in [0, 0.05) is 13.6 Å². The van der Waals surface area contributed by atoms with Gasteiger partial charge in [-0.15, -0.1) is 0 Å². The molecule has 1 aliphatic rings. The van der Waals surface area contributed by atoms with E-state index in [1.165, 1.54) is 12.0 Å². The zero-order valence-corrected chi connectivity index (χ0v) is 12.5. The minimum atomic E-state index is -0.557. The number of hydrogen-bond acceptors (Lipinski definition) is 6. The van der Waals surface area contributed by atoms with E-state index in [9.17, 15) is 9.59 Å². The van der Waals surface area contributed by atoms with Crippen molar-refractivity contribution in [3.8, 4) is 0 Å². The van der Waals surface area contributed by atoms with Gasteiger partial charge >= 0.3 is 5.97 Å². The first-order valence-electron chi connectivity index (χ1n) is 6.87. The SMILES string of the molecule is CNc1ccccc1NC1=C(C(=O)OC)CN(CCO)C1=O. The van der Waals surface area contributed by atoms with Crippen molar-refractivity contribution in [1.29, 1.82) is 0 Å². The van der Waals surface area contributed by atoms with E-state index >= 15 is 0 Å². The van der Waals surface area contributed by atoms with Crippen LogP contribution < -0.4 is 10.6 Å². The zero-order valence-electron chi connectivity index (χ0n) is 12.5. The largest absolute Gasteiger partial charge is 0.466 e. The number of hydrogen-bond donors (Lipinski definition) is 3. The summed E-state index contributed by atoms with van der Waals surface area (Å²) in [5, 5.41) is 15.0. The summed E-state index contributed by atoms with van der Waals surface area (Å²) in [4.78, 5) is 25.7. The molecule has 0 bridgehead atoms. The summed E-state index contributed by atoms with van der Waals surface area (Å²) in [5.41, 5.74) is 1.92. The molecule has 22 heavy (non-hydrogen) atoms. The molecule has 0 spiro atoms. The number of aliphatic hydroxyl groups is 1. The van der Waals surface area contributed by atoms with Gasteiger partial charge in [-0.3, -0.25) is 4.79 Å². The van der Waals surface area contributed by atoms with Crippen molar-refractivity contribution in [3.63, 3.8) is 0 Å². The van der Waals surface area contributed by atoms with E-state index in [0.29, 0.717) is 5.69 Å². The first-order valence-corrected chi connectivity index (χ1v) is 6.87. The monoisotopic (exact) mass is 305 g/mol. The van der Waals surface area contributed by atoms with Crippen molar-refractivity contribution >= 4 is 23.3 Å². The number of rotatable bonds is 6. The molecule has 1 heterocycles. The Morgan fingerprint density at radius 2 is 2.05 bits per heavy atom. The maximum absolute atomic E-state index is 12.4. The van der Waals surface area contributed by atoms with Crippen molar-refractivity contribution in [1.82, 2.24) is 4.90 Å².